The van der Waals surface area contributed by atoms with Crippen LogP contribution in [0.4, 0.5) is 0 Å². The molecule has 0 spiro atoms. The minimum Gasteiger partial charge on any atom is -0.376 e. The van der Waals surface area contributed by atoms with Gasteiger partial charge in [0.05, 0.1) is 6.10 Å². The Hall–Kier alpha value is -0.120. The van der Waals surface area contributed by atoms with Crippen LogP contribution in [0.15, 0.2) is 0 Å². The lowest BCUT2D eigenvalue weighted by Gasteiger charge is -2.41. The van der Waals surface area contributed by atoms with Crippen molar-refractivity contribution in [2.75, 3.05) is 13.2 Å². The Morgan fingerprint density at radius 1 is 1.19 bits per heavy atom. The van der Waals surface area contributed by atoms with Crippen molar-refractivity contribution >= 4 is 0 Å². The first-order chi connectivity index (χ1) is 7.75. The lowest BCUT2D eigenvalue weighted by Crippen LogP contribution is -2.53. The largest absolute Gasteiger partial charge is 0.376 e. The maximum Gasteiger partial charge on any atom is 0.0759 e. The van der Waals surface area contributed by atoms with Crippen molar-refractivity contribution in [1.82, 2.24) is 4.90 Å². The van der Waals surface area contributed by atoms with Gasteiger partial charge in [-0.05, 0) is 44.9 Å². The van der Waals surface area contributed by atoms with Crippen molar-refractivity contribution in [2.45, 2.75) is 63.3 Å². The molecule has 0 aromatic carbocycles. The van der Waals surface area contributed by atoms with Crippen molar-refractivity contribution < 1.29 is 4.74 Å². The van der Waals surface area contributed by atoms with Gasteiger partial charge in [0.15, 0.2) is 0 Å². The first kappa shape index (κ1) is 11.0. The van der Waals surface area contributed by atoms with E-state index in [1.165, 1.54) is 25.8 Å². The molecule has 16 heavy (non-hydrogen) atoms. The van der Waals surface area contributed by atoms with Gasteiger partial charge in [0, 0.05) is 31.3 Å². The molecule has 3 rings (SSSR count). The molecule has 0 aromatic heterocycles. The van der Waals surface area contributed by atoms with E-state index in [4.69, 9.17) is 10.5 Å². The Morgan fingerprint density at radius 3 is 2.69 bits per heavy atom. The van der Waals surface area contributed by atoms with E-state index < -0.39 is 0 Å². The smallest absolute Gasteiger partial charge is 0.0759 e. The Kier molecular flexibility index (Phi) is 2.94. The lowest BCUT2D eigenvalue weighted by molar-refractivity contribution is 0.0178. The van der Waals surface area contributed by atoms with Crippen LogP contribution in [0, 0.1) is 5.92 Å². The van der Waals surface area contributed by atoms with Gasteiger partial charge in [0.25, 0.3) is 0 Å². The molecule has 3 nitrogen and oxygen atoms in total. The van der Waals surface area contributed by atoms with Gasteiger partial charge in [-0.25, -0.2) is 0 Å². The van der Waals surface area contributed by atoms with Gasteiger partial charge in [-0.2, -0.15) is 0 Å². The molecule has 0 radical (unpaired) electrons. The lowest BCUT2D eigenvalue weighted by atomic mass is 9.94. The van der Waals surface area contributed by atoms with E-state index in [0.29, 0.717) is 24.2 Å². The number of likely N-dealkylation sites (tertiary alicyclic amines) is 1. The number of rotatable bonds is 2. The van der Waals surface area contributed by atoms with E-state index in [-0.39, 0.29) is 0 Å². The van der Waals surface area contributed by atoms with E-state index >= 15 is 0 Å². The molecule has 4 unspecified atom stereocenters. The molecule has 3 heteroatoms. The van der Waals surface area contributed by atoms with Gasteiger partial charge in [-0.1, -0.05) is 0 Å². The van der Waals surface area contributed by atoms with Crippen LogP contribution in [0.3, 0.4) is 0 Å². The molecule has 92 valence electrons. The monoisotopic (exact) mass is 224 g/mol. The van der Waals surface area contributed by atoms with Crippen LogP contribution >= 0.6 is 0 Å². The molecule has 2 N–H and O–H groups in total. The zero-order valence-corrected chi connectivity index (χ0v) is 10.3. The summed E-state index contributed by atoms with van der Waals surface area (Å²) < 4.78 is 5.94. The molecule has 4 atom stereocenters. The SMILES string of the molecule is CC1CC(N)CCN1C1CCOC1C1CC1. The highest BCUT2D eigenvalue weighted by molar-refractivity contribution is 4.97. The summed E-state index contributed by atoms with van der Waals surface area (Å²) in [7, 11) is 0. The molecule has 0 bridgehead atoms. The zero-order chi connectivity index (χ0) is 11.1. The number of nitrogens with two attached hydrogens (primary N) is 1. The van der Waals surface area contributed by atoms with Crippen LogP contribution < -0.4 is 5.73 Å². The topological polar surface area (TPSA) is 38.5 Å². The average molecular weight is 224 g/mol. The highest BCUT2D eigenvalue weighted by Gasteiger charge is 2.44. The molecule has 3 aliphatic rings. The van der Waals surface area contributed by atoms with Crippen LogP contribution in [0.2, 0.25) is 0 Å². The third kappa shape index (κ3) is 2.01. The predicted octanol–water partition coefficient (Wildman–Crippen LogP) is 1.37. The van der Waals surface area contributed by atoms with Gasteiger partial charge >= 0.3 is 0 Å². The summed E-state index contributed by atoms with van der Waals surface area (Å²) in [5, 5.41) is 0. The summed E-state index contributed by atoms with van der Waals surface area (Å²) in [5.41, 5.74) is 6.03. The van der Waals surface area contributed by atoms with E-state index in [0.717, 1.165) is 25.4 Å². The third-order valence-corrected chi connectivity index (χ3v) is 4.58. The van der Waals surface area contributed by atoms with Crippen molar-refractivity contribution in [1.29, 1.82) is 0 Å². The van der Waals surface area contributed by atoms with Gasteiger partial charge in [0.2, 0.25) is 0 Å². The molecule has 1 aliphatic carbocycles. The number of hydrogen-bond acceptors (Lipinski definition) is 3. The van der Waals surface area contributed by atoms with Gasteiger partial charge < -0.3 is 10.5 Å². The fraction of sp³-hybridized carbons (Fsp3) is 1.00. The van der Waals surface area contributed by atoms with Crippen LogP contribution in [-0.4, -0.2) is 42.3 Å². The van der Waals surface area contributed by atoms with Gasteiger partial charge in [-0.15, -0.1) is 0 Å². The molecule has 0 amide bonds. The van der Waals surface area contributed by atoms with E-state index in [1.807, 2.05) is 0 Å². The fourth-order valence-electron chi connectivity index (χ4n) is 3.55. The van der Waals surface area contributed by atoms with Crippen LogP contribution in [0.25, 0.3) is 0 Å². The predicted molar refractivity (Wildman–Crippen MR) is 64.2 cm³/mol. The summed E-state index contributed by atoms with van der Waals surface area (Å²) in [6.07, 6.45) is 6.88. The summed E-state index contributed by atoms with van der Waals surface area (Å²) in [6.45, 7) is 4.49. The molecule has 2 aliphatic heterocycles. The number of nitrogens with zero attached hydrogens (tertiary/aromatic N) is 1. The van der Waals surface area contributed by atoms with Crippen LogP contribution in [-0.2, 0) is 4.74 Å². The quantitative estimate of drug-likeness (QED) is 0.770. The summed E-state index contributed by atoms with van der Waals surface area (Å²) in [5.74, 6) is 0.871. The molecular formula is C13H24N2O. The Bertz CT molecular complexity index is 254. The minimum absolute atomic E-state index is 0.424. The Labute approximate surface area is 98.3 Å². The molecule has 1 saturated carbocycles. The summed E-state index contributed by atoms with van der Waals surface area (Å²) in [6, 6.07) is 1.76. The van der Waals surface area contributed by atoms with E-state index in [2.05, 4.69) is 11.8 Å². The number of piperidine rings is 1. The second-order valence-corrected chi connectivity index (χ2v) is 5.90. The summed E-state index contributed by atoms with van der Waals surface area (Å²) >= 11 is 0. The van der Waals surface area contributed by atoms with Crippen molar-refractivity contribution in [3.05, 3.63) is 0 Å². The molecule has 2 heterocycles. The average Bonchev–Trinajstić information content (AvgIpc) is 2.98. The van der Waals surface area contributed by atoms with Gasteiger partial charge in [-0.3, -0.25) is 4.90 Å². The number of hydrogen-bond donors (Lipinski definition) is 1. The first-order valence-corrected chi connectivity index (χ1v) is 6.88. The van der Waals surface area contributed by atoms with E-state index in [1.54, 1.807) is 0 Å². The second kappa shape index (κ2) is 4.28. The van der Waals surface area contributed by atoms with Crippen LogP contribution in [0.1, 0.15) is 39.0 Å². The standard InChI is InChI=1S/C13H24N2O/c1-9-8-11(14)4-6-15(9)12-5-7-16-13(12)10-2-3-10/h9-13H,2-8,14H2,1H3. The zero-order valence-electron chi connectivity index (χ0n) is 10.3. The van der Waals surface area contributed by atoms with Crippen LogP contribution in [0.5, 0.6) is 0 Å². The molecular weight excluding hydrogens is 200 g/mol. The fourth-order valence-corrected chi connectivity index (χ4v) is 3.55. The van der Waals surface area contributed by atoms with Crippen molar-refractivity contribution in [3.63, 3.8) is 0 Å². The minimum atomic E-state index is 0.424. The van der Waals surface area contributed by atoms with Crippen molar-refractivity contribution in [2.24, 2.45) is 11.7 Å². The number of ether oxygens (including phenoxy) is 1. The Morgan fingerprint density at radius 2 is 2.00 bits per heavy atom. The molecule has 2 saturated heterocycles. The maximum atomic E-state index is 6.03. The molecule has 3 fully saturated rings. The second-order valence-electron chi connectivity index (χ2n) is 5.90. The van der Waals surface area contributed by atoms with Gasteiger partial charge in [0.1, 0.15) is 0 Å². The Balaban J connectivity index is 1.66. The van der Waals surface area contributed by atoms with Crippen molar-refractivity contribution in [3.8, 4) is 0 Å². The first-order valence-electron chi connectivity index (χ1n) is 6.88. The highest BCUT2D eigenvalue weighted by atomic mass is 16.5. The van der Waals surface area contributed by atoms with E-state index in [9.17, 15) is 0 Å². The maximum absolute atomic E-state index is 6.03. The normalized spacial score (nSPS) is 46.1. The molecule has 0 aromatic rings. The third-order valence-electron chi connectivity index (χ3n) is 4.58. The summed E-state index contributed by atoms with van der Waals surface area (Å²) in [4.78, 5) is 2.68. The highest BCUT2D eigenvalue weighted by Crippen LogP contribution is 2.41.